The van der Waals surface area contributed by atoms with Crippen molar-refractivity contribution in [2.45, 2.75) is 58.5 Å². The molecule has 0 bridgehead atoms. The van der Waals surface area contributed by atoms with E-state index in [4.69, 9.17) is 4.74 Å². The molecule has 0 aliphatic heterocycles. The summed E-state index contributed by atoms with van der Waals surface area (Å²) < 4.78 is 4.85. The Bertz CT molecular complexity index is 276. The smallest absolute Gasteiger partial charge is 0.0718 e. The first-order valence-electron chi connectivity index (χ1n) is 6.81. The van der Waals surface area contributed by atoms with E-state index in [1.165, 1.54) is 56.1 Å². The summed E-state index contributed by atoms with van der Waals surface area (Å²) in [4.78, 5) is 0. The average Bonchev–Trinajstić information content (AvgIpc) is 2.36. The lowest BCUT2D eigenvalue weighted by molar-refractivity contribution is 0.229. The summed E-state index contributed by atoms with van der Waals surface area (Å²) >= 11 is 0. The molecule has 1 rings (SSSR count). The second kappa shape index (κ2) is 9.23. The highest BCUT2D eigenvalue weighted by Gasteiger charge is 1.95. The summed E-state index contributed by atoms with van der Waals surface area (Å²) in [5.74, 6) is 0. The Morgan fingerprint density at radius 2 is 1.47 bits per heavy atom. The van der Waals surface area contributed by atoms with Crippen LogP contribution in [-0.4, -0.2) is 0 Å². The molecule has 1 aromatic carbocycles. The minimum absolute atomic E-state index is 0.608. The first-order valence-corrected chi connectivity index (χ1v) is 6.81. The molecule has 0 aromatic heterocycles. The molecule has 0 saturated heterocycles. The summed E-state index contributed by atoms with van der Waals surface area (Å²) in [5.41, 5.74) is 2.64. The first-order chi connectivity index (χ1) is 8.36. The van der Waals surface area contributed by atoms with Crippen LogP contribution in [0.5, 0.6) is 0 Å². The Hall–Kier alpha value is -0.820. The van der Waals surface area contributed by atoms with Crippen molar-refractivity contribution in [2.75, 3.05) is 0 Å². The standard InChI is InChI=1S/C16H25O/c1-3-4-5-6-7-8-9-15-10-12-16(13-11-15)14-17-2/h10-13H,2-9,14H2,1H3. The van der Waals surface area contributed by atoms with E-state index in [-0.39, 0.29) is 0 Å². The van der Waals surface area contributed by atoms with Crippen molar-refractivity contribution in [1.29, 1.82) is 0 Å². The highest BCUT2D eigenvalue weighted by atomic mass is 16.5. The van der Waals surface area contributed by atoms with Crippen molar-refractivity contribution in [1.82, 2.24) is 0 Å². The molecule has 0 spiro atoms. The number of aryl methyl sites for hydroxylation is 1. The molecule has 0 N–H and O–H groups in total. The molecule has 0 saturated carbocycles. The van der Waals surface area contributed by atoms with Gasteiger partial charge in [-0.15, -0.1) is 0 Å². The van der Waals surface area contributed by atoms with Gasteiger partial charge in [0.25, 0.3) is 0 Å². The Morgan fingerprint density at radius 1 is 0.882 bits per heavy atom. The third-order valence-corrected chi connectivity index (χ3v) is 3.11. The lowest BCUT2D eigenvalue weighted by Gasteiger charge is -2.04. The van der Waals surface area contributed by atoms with Gasteiger partial charge in [-0.1, -0.05) is 63.3 Å². The van der Waals surface area contributed by atoms with E-state index in [2.05, 4.69) is 38.3 Å². The van der Waals surface area contributed by atoms with Crippen LogP contribution in [0.1, 0.15) is 56.6 Å². The summed E-state index contributed by atoms with van der Waals surface area (Å²) in [5, 5.41) is 0. The summed E-state index contributed by atoms with van der Waals surface area (Å²) in [6.45, 7) is 2.87. The van der Waals surface area contributed by atoms with Gasteiger partial charge in [0.2, 0.25) is 0 Å². The third kappa shape index (κ3) is 6.48. The van der Waals surface area contributed by atoms with Crippen LogP contribution in [0, 0.1) is 7.11 Å². The van der Waals surface area contributed by atoms with E-state index in [1.54, 1.807) is 0 Å². The fourth-order valence-electron chi connectivity index (χ4n) is 2.03. The normalized spacial score (nSPS) is 10.7. The van der Waals surface area contributed by atoms with E-state index in [0.29, 0.717) is 6.61 Å². The molecule has 1 heteroatoms. The van der Waals surface area contributed by atoms with E-state index in [1.807, 2.05) is 0 Å². The van der Waals surface area contributed by atoms with Gasteiger partial charge in [-0.25, -0.2) is 0 Å². The maximum absolute atomic E-state index is 4.85. The molecule has 0 fully saturated rings. The second-order valence-corrected chi connectivity index (χ2v) is 4.68. The number of rotatable bonds is 9. The van der Waals surface area contributed by atoms with Crippen LogP contribution < -0.4 is 0 Å². The Balaban J connectivity index is 2.14. The van der Waals surface area contributed by atoms with Crippen LogP contribution in [0.3, 0.4) is 0 Å². The number of hydrogen-bond acceptors (Lipinski definition) is 1. The van der Waals surface area contributed by atoms with Crippen LogP contribution in [-0.2, 0) is 17.8 Å². The lowest BCUT2D eigenvalue weighted by atomic mass is 10.0. The predicted octanol–water partition coefficient (Wildman–Crippen LogP) is 4.90. The largest absolute Gasteiger partial charge is 0.374 e. The molecule has 1 nitrogen and oxygen atoms in total. The zero-order chi connectivity index (χ0) is 12.3. The lowest BCUT2D eigenvalue weighted by Crippen LogP contribution is -1.89. The molecule has 1 radical (unpaired) electrons. The van der Waals surface area contributed by atoms with Gasteiger partial charge in [-0.2, -0.15) is 0 Å². The molecule has 95 valence electrons. The topological polar surface area (TPSA) is 9.23 Å². The maximum atomic E-state index is 4.85. The molecular weight excluding hydrogens is 208 g/mol. The molecule has 0 aliphatic rings. The fraction of sp³-hybridized carbons (Fsp3) is 0.562. The van der Waals surface area contributed by atoms with Gasteiger partial charge in [0.15, 0.2) is 0 Å². The van der Waals surface area contributed by atoms with Crippen molar-refractivity contribution >= 4 is 0 Å². The van der Waals surface area contributed by atoms with Gasteiger partial charge in [-0.3, -0.25) is 0 Å². The third-order valence-electron chi connectivity index (χ3n) is 3.11. The SMILES string of the molecule is [CH2]OCc1ccc(CCCCCCCC)cc1. The average molecular weight is 233 g/mol. The number of ether oxygens (including phenoxy) is 1. The van der Waals surface area contributed by atoms with Gasteiger partial charge in [0.1, 0.15) is 0 Å². The molecule has 0 aliphatic carbocycles. The van der Waals surface area contributed by atoms with E-state index >= 15 is 0 Å². The van der Waals surface area contributed by atoms with E-state index in [0.717, 1.165) is 0 Å². The highest BCUT2D eigenvalue weighted by Crippen LogP contribution is 2.11. The Labute approximate surface area is 106 Å². The van der Waals surface area contributed by atoms with Crippen LogP contribution in [0.2, 0.25) is 0 Å². The second-order valence-electron chi connectivity index (χ2n) is 4.68. The van der Waals surface area contributed by atoms with Crippen molar-refractivity contribution in [3.05, 3.63) is 42.5 Å². The zero-order valence-corrected chi connectivity index (χ0v) is 11.1. The van der Waals surface area contributed by atoms with Crippen molar-refractivity contribution < 1.29 is 4.74 Å². The molecule has 0 amide bonds. The molecule has 0 atom stereocenters. The van der Waals surface area contributed by atoms with Gasteiger partial charge in [-0.05, 0) is 24.0 Å². The van der Waals surface area contributed by atoms with Crippen LogP contribution in [0.4, 0.5) is 0 Å². The monoisotopic (exact) mass is 233 g/mol. The van der Waals surface area contributed by atoms with Crippen LogP contribution in [0.25, 0.3) is 0 Å². The number of unbranched alkanes of at least 4 members (excludes halogenated alkanes) is 5. The minimum atomic E-state index is 0.608. The summed E-state index contributed by atoms with van der Waals surface area (Å²) in [6, 6.07) is 8.69. The number of benzene rings is 1. The number of hydrogen-bond donors (Lipinski definition) is 0. The molecule has 0 heterocycles. The van der Waals surface area contributed by atoms with E-state index < -0.39 is 0 Å². The van der Waals surface area contributed by atoms with Gasteiger partial charge < -0.3 is 4.74 Å². The van der Waals surface area contributed by atoms with Crippen molar-refractivity contribution in [3.8, 4) is 0 Å². The molecule has 1 aromatic rings. The summed E-state index contributed by atoms with van der Waals surface area (Å²) in [7, 11) is 3.39. The predicted molar refractivity (Wildman–Crippen MR) is 73.7 cm³/mol. The Morgan fingerprint density at radius 3 is 2.12 bits per heavy atom. The molecular formula is C16H25O. The van der Waals surface area contributed by atoms with Gasteiger partial charge >= 0.3 is 0 Å². The first kappa shape index (κ1) is 14.2. The minimum Gasteiger partial charge on any atom is -0.374 e. The molecule has 0 unspecified atom stereocenters. The van der Waals surface area contributed by atoms with Gasteiger partial charge in [0.05, 0.1) is 13.7 Å². The van der Waals surface area contributed by atoms with E-state index in [9.17, 15) is 0 Å². The Kier molecular flexibility index (Phi) is 7.74. The zero-order valence-electron chi connectivity index (χ0n) is 11.1. The maximum Gasteiger partial charge on any atom is 0.0718 e. The van der Waals surface area contributed by atoms with Crippen molar-refractivity contribution in [2.24, 2.45) is 0 Å². The summed E-state index contributed by atoms with van der Waals surface area (Å²) in [6.07, 6.45) is 9.39. The highest BCUT2D eigenvalue weighted by molar-refractivity contribution is 5.22. The fourth-order valence-corrected chi connectivity index (χ4v) is 2.03. The van der Waals surface area contributed by atoms with Crippen LogP contribution in [0.15, 0.2) is 24.3 Å². The quantitative estimate of drug-likeness (QED) is 0.551. The van der Waals surface area contributed by atoms with Gasteiger partial charge in [0, 0.05) is 0 Å². The van der Waals surface area contributed by atoms with Crippen molar-refractivity contribution in [3.63, 3.8) is 0 Å². The molecule has 17 heavy (non-hydrogen) atoms. The van der Waals surface area contributed by atoms with Crippen LogP contribution >= 0.6 is 0 Å².